The average Bonchev–Trinajstić information content (AvgIpc) is 3.25. The largest absolute Gasteiger partial charge is 0.479 e. The number of hydrogen-bond acceptors (Lipinski definition) is 4. The molecular weight excluding hydrogens is 400 g/mol. The highest BCUT2D eigenvalue weighted by molar-refractivity contribution is 5.82. The summed E-state index contributed by atoms with van der Waals surface area (Å²) in [4.78, 5) is 12.4. The van der Waals surface area contributed by atoms with Crippen molar-refractivity contribution in [2.45, 2.75) is 77.7 Å². The van der Waals surface area contributed by atoms with E-state index >= 15 is 0 Å². The first-order valence-corrected chi connectivity index (χ1v) is 12.1. The lowest BCUT2D eigenvalue weighted by Gasteiger charge is -2.18. The Morgan fingerprint density at radius 1 is 0.875 bits per heavy atom. The molecule has 0 aliphatic heterocycles. The number of hydrogen-bond donors (Lipinski definition) is 0. The number of carbonyl (C=O) groups is 1. The third kappa shape index (κ3) is 7.15. The summed E-state index contributed by atoms with van der Waals surface area (Å²) >= 11 is 0. The van der Waals surface area contributed by atoms with Crippen LogP contribution in [0.2, 0.25) is 0 Å². The Kier molecular flexibility index (Phi) is 9.67. The zero-order valence-corrected chi connectivity index (χ0v) is 19.5. The van der Waals surface area contributed by atoms with Gasteiger partial charge in [-0.05, 0) is 56.2 Å². The van der Waals surface area contributed by atoms with Crippen molar-refractivity contribution in [2.24, 2.45) is 0 Å². The van der Waals surface area contributed by atoms with Crippen LogP contribution in [0.25, 0.3) is 22.3 Å². The highest BCUT2D eigenvalue weighted by Crippen LogP contribution is 2.29. The quantitative estimate of drug-likeness (QED) is 0.190. The van der Waals surface area contributed by atoms with Gasteiger partial charge in [-0.1, -0.05) is 70.1 Å². The third-order valence-corrected chi connectivity index (χ3v) is 5.71. The molecule has 2 aromatic carbocycles. The van der Waals surface area contributed by atoms with Crippen molar-refractivity contribution in [1.29, 1.82) is 0 Å². The van der Waals surface area contributed by atoms with Crippen LogP contribution in [0.1, 0.15) is 71.6 Å². The van der Waals surface area contributed by atoms with Crippen LogP contribution in [0, 0.1) is 0 Å². The van der Waals surface area contributed by atoms with E-state index in [0.29, 0.717) is 18.8 Å². The zero-order valence-electron chi connectivity index (χ0n) is 19.5. The number of benzene rings is 2. The fraction of sp³-hybridized carbons (Fsp3) is 0.464. The van der Waals surface area contributed by atoms with Crippen LogP contribution in [-0.2, 0) is 9.53 Å². The van der Waals surface area contributed by atoms with Crippen molar-refractivity contribution in [2.75, 3.05) is 6.61 Å². The normalized spacial score (nSPS) is 12.1. The van der Waals surface area contributed by atoms with Gasteiger partial charge >= 0.3 is 5.97 Å². The molecule has 0 radical (unpaired) electrons. The molecule has 0 saturated heterocycles. The Balaban J connectivity index is 1.53. The van der Waals surface area contributed by atoms with Crippen LogP contribution in [-0.4, -0.2) is 18.7 Å². The number of ether oxygens (including phenoxy) is 2. The first-order chi connectivity index (χ1) is 15.7. The Bertz CT molecular complexity index is 908. The smallest absolute Gasteiger partial charge is 0.347 e. The van der Waals surface area contributed by atoms with Crippen LogP contribution in [0.3, 0.4) is 0 Å². The number of esters is 1. The summed E-state index contributed by atoms with van der Waals surface area (Å²) in [5, 5.41) is 1.08. The van der Waals surface area contributed by atoms with E-state index in [0.717, 1.165) is 35.1 Å². The SMILES string of the molecule is CCCCCCCCCCC(Oc1ccc(-c2cc3ccccc3o2)cc1)C(=O)OCC. The number of unbranched alkanes of at least 4 members (excludes halogenated alkanes) is 7. The molecule has 0 aliphatic carbocycles. The number of para-hydroxylation sites is 1. The molecule has 0 fully saturated rings. The standard InChI is InChI=1S/C28H36O4/c1-3-5-6-7-8-9-10-11-16-26(28(29)30-4-2)31-24-19-17-22(18-20-24)27-21-23-14-12-13-15-25(23)32-27/h12-15,17-21,26H,3-11,16H2,1-2H3. The van der Waals surface area contributed by atoms with E-state index in [4.69, 9.17) is 13.9 Å². The van der Waals surface area contributed by atoms with Crippen LogP contribution >= 0.6 is 0 Å². The molecule has 1 atom stereocenters. The Morgan fingerprint density at radius 2 is 1.56 bits per heavy atom. The number of furan rings is 1. The van der Waals surface area contributed by atoms with Gasteiger partial charge in [0.1, 0.15) is 17.1 Å². The van der Waals surface area contributed by atoms with Gasteiger partial charge in [-0.3, -0.25) is 0 Å². The number of fused-ring (bicyclic) bond motifs is 1. The minimum atomic E-state index is -0.563. The van der Waals surface area contributed by atoms with Gasteiger partial charge in [0.05, 0.1) is 6.61 Å². The topological polar surface area (TPSA) is 48.7 Å². The maximum atomic E-state index is 12.4. The summed E-state index contributed by atoms with van der Waals surface area (Å²) in [5.74, 6) is 1.21. The summed E-state index contributed by atoms with van der Waals surface area (Å²) in [6.07, 6.45) is 9.93. The molecule has 1 heterocycles. The Hall–Kier alpha value is -2.75. The van der Waals surface area contributed by atoms with Gasteiger partial charge in [-0.25, -0.2) is 4.79 Å². The van der Waals surface area contributed by atoms with Crippen LogP contribution in [0.5, 0.6) is 5.75 Å². The van der Waals surface area contributed by atoms with Crippen molar-refractivity contribution >= 4 is 16.9 Å². The monoisotopic (exact) mass is 436 g/mol. The number of carbonyl (C=O) groups excluding carboxylic acids is 1. The summed E-state index contributed by atoms with van der Waals surface area (Å²) in [6, 6.07) is 17.7. The third-order valence-electron chi connectivity index (χ3n) is 5.71. The lowest BCUT2D eigenvalue weighted by atomic mass is 10.1. The van der Waals surface area contributed by atoms with Gasteiger partial charge in [-0.2, -0.15) is 0 Å². The molecule has 3 aromatic rings. The van der Waals surface area contributed by atoms with Gasteiger partial charge in [-0.15, -0.1) is 0 Å². The summed E-state index contributed by atoms with van der Waals surface area (Å²) in [7, 11) is 0. The summed E-state index contributed by atoms with van der Waals surface area (Å²) < 4.78 is 17.2. The van der Waals surface area contributed by atoms with E-state index in [1.54, 1.807) is 0 Å². The second kappa shape index (κ2) is 12.9. The molecule has 172 valence electrons. The van der Waals surface area contributed by atoms with Gasteiger partial charge in [0.2, 0.25) is 0 Å². The molecule has 0 saturated carbocycles. The van der Waals surface area contributed by atoms with E-state index in [-0.39, 0.29) is 5.97 Å². The fourth-order valence-electron chi connectivity index (χ4n) is 3.91. The van der Waals surface area contributed by atoms with Crippen molar-refractivity contribution < 1.29 is 18.7 Å². The minimum Gasteiger partial charge on any atom is -0.479 e. The average molecular weight is 437 g/mol. The molecule has 4 nitrogen and oxygen atoms in total. The van der Waals surface area contributed by atoms with Crippen LogP contribution in [0.4, 0.5) is 0 Å². The van der Waals surface area contributed by atoms with E-state index in [1.165, 1.54) is 38.5 Å². The molecule has 0 N–H and O–H groups in total. The van der Waals surface area contributed by atoms with Crippen LogP contribution in [0.15, 0.2) is 59.0 Å². The second-order valence-corrected chi connectivity index (χ2v) is 8.29. The molecule has 1 aromatic heterocycles. The summed E-state index contributed by atoms with van der Waals surface area (Å²) in [6.45, 7) is 4.43. The van der Waals surface area contributed by atoms with Gasteiger partial charge in [0.15, 0.2) is 6.10 Å². The van der Waals surface area contributed by atoms with Crippen molar-refractivity contribution in [3.63, 3.8) is 0 Å². The minimum absolute atomic E-state index is 0.281. The predicted molar refractivity (Wildman–Crippen MR) is 130 cm³/mol. The van der Waals surface area contributed by atoms with Crippen molar-refractivity contribution in [1.82, 2.24) is 0 Å². The highest BCUT2D eigenvalue weighted by atomic mass is 16.6. The molecule has 0 aliphatic rings. The zero-order chi connectivity index (χ0) is 22.6. The van der Waals surface area contributed by atoms with E-state index in [1.807, 2.05) is 61.5 Å². The van der Waals surface area contributed by atoms with Crippen molar-refractivity contribution in [3.05, 3.63) is 54.6 Å². The van der Waals surface area contributed by atoms with Crippen molar-refractivity contribution in [3.8, 4) is 17.1 Å². The first kappa shape index (κ1) is 23.9. The molecule has 32 heavy (non-hydrogen) atoms. The lowest BCUT2D eigenvalue weighted by molar-refractivity contribution is -0.151. The predicted octanol–water partition coefficient (Wildman–Crippen LogP) is 7.94. The number of rotatable bonds is 14. The molecular formula is C28H36O4. The van der Waals surface area contributed by atoms with E-state index in [2.05, 4.69) is 6.92 Å². The molecule has 0 spiro atoms. The maximum absolute atomic E-state index is 12.4. The first-order valence-electron chi connectivity index (χ1n) is 12.1. The lowest BCUT2D eigenvalue weighted by Crippen LogP contribution is -2.29. The van der Waals surface area contributed by atoms with E-state index < -0.39 is 6.10 Å². The van der Waals surface area contributed by atoms with Crippen LogP contribution < -0.4 is 4.74 Å². The van der Waals surface area contributed by atoms with Gasteiger partial charge < -0.3 is 13.9 Å². The Labute approximate surface area is 191 Å². The highest BCUT2D eigenvalue weighted by Gasteiger charge is 2.21. The molecule has 3 rings (SSSR count). The summed E-state index contributed by atoms with van der Waals surface area (Å²) in [5.41, 5.74) is 1.85. The molecule has 4 heteroatoms. The fourth-order valence-corrected chi connectivity index (χ4v) is 3.91. The maximum Gasteiger partial charge on any atom is 0.347 e. The molecule has 0 amide bonds. The van der Waals surface area contributed by atoms with E-state index in [9.17, 15) is 4.79 Å². The van der Waals surface area contributed by atoms with Gasteiger partial charge in [0, 0.05) is 10.9 Å². The second-order valence-electron chi connectivity index (χ2n) is 8.29. The van der Waals surface area contributed by atoms with Gasteiger partial charge in [0.25, 0.3) is 0 Å². The Morgan fingerprint density at radius 3 is 2.25 bits per heavy atom. The molecule has 0 bridgehead atoms. The molecule has 1 unspecified atom stereocenters.